The van der Waals surface area contributed by atoms with E-state index in [1.54, 1.807) is 0 Å². The number of likely N-dealkylation sites (tertiary alicyclic amines) is 1. The van der Waals surface area contributed by atoms with Crippen molar-refractivity contribution < 1.29 is 4.74 Å². The van der Waals surface area contributed by atoms with E-state index in [2.05, 4.69) is 30.8 Å². The topological polar surface area (TPSA) is 41.7 Å². The maximum Gasteiger partial charge on any atom is 0.0593 e. The molecule has 2 fully saturated rings. The van der Waals surface area contributed by atoms with Crippen molar-refractivity contribution >= 4 is 0 Å². The molecule has 2 N–H and O–H groups in total. The van der Waals surface area contributed by atoms with E-state index in [0.29, 0.717) is 12.1 Å². The van der Waals surface area contributed by atoms with Crippen LogP contribution in [0, 0.1) is 0 Å². The quantitative estimate of drug-likeness (QED) is 0.817. The van der Waals surface area contributed by atoms with Gasteiger partial charge in [-0.15, -0.1) is 0 Å². The van der Waals surface area contributed by atoms with Crippen LogP contribution in [0.5, 0.6) is 0 Å². The maximum atomic E-state index is 6.19. The molecule has 0 radical (unpaired) electrons. The van der Waals surface area contributed by atoms with Crippen LogP contribution in [-0.2, 0) is 4.74 Å². The minimum Gasteiger partial charge on any atom is -0.378 e. The van der Waals surface area contributed by atoms with E-state index < -0.39 is 0 Å². The Morgan fingerprint density at radius 1 is 1.42 bits per heavy atom. The maximum absolute atomic E-state index is 6.19. The van der Waals surface area contributed by atoms with Crippen LogP contribution >= 0.6 is 0 Å². The van der Waals surface area contributed by atoms with Gasteiger partial charge in [-0.05, 0) is 39.8 Å². The number of nitrogens with zero attached hydrogens (tertiary/aromatic N) is 2. The van der Waals surface area contributed by atoms with Crippen molar-refractivity contribution in [3.05, 3.63) is 0 Å². The zero-order valence-electron chi connectivity index (χ0n) is 12.9. The standard InChI is InChI=1S/C15H31N3O/c1-4-5-14-10-15(12-16,7-9-19-14)18-8-6-13(11-18)17(2)3/h13-14H,4-12,16H2,1-3H3. The average molecular weight is 269 g/mol. The molecular formula is C15H31N3O. The zero-order valence-corrected chi connectivity index (χ0v) is 12.9. The summed E-state index contributed by atoms with van der Waals surface area (Å²) in [7, 11) is 4.38. The number of hydrogen-bond donors (Lipinski definition) is 1. The molecule has 2 rings (SSSR count). The fraction of sp³-hybridized carbons (Fsp3) is 1.00. The molecule has 0 aromatic carbocycles. The minimum atomic E-state index is 0.197. The van der Waals surface area contributed by atoms with Gasteiger partial charge in [0.15, 0.2) is 0 Å². The first-order chi connectivity index (χ1) is 9.11. The predicted octanol–water partition coefficient (Wildman–Crippen LogP) is 1.30. The fourth-order valence-corrected chi connectivity index (χ4v) is 3.70. The molecule has 0 aromatic heterocycles. The van der Waals surface area contributed by atoms with Gasteiger partial charge in [-0.2, -0.15) is 0 Å². The summed E-state index contributed by atoms with van der Waals surface area (Å²) in [6, 6.07) is 0.691. The molecule has 3 atom stereocenters. The monoisotopic (exact) mass is 269 g/mol. The largest absolute Gasteiger partial charge is 0.378 e. The van der Waals surface area contributed by atoms with Crippen molar-refractivity contribution in [3.63, 3.8) is 0 Å². The molecule has 0 saturated carbocycles. The highest BCUT2D eigenvalue weighted by molar-refractivity contribution is 5.00. The van der Waals surface area contributed by atoms with Crippen molar-refractivity contribution in [2.45, 2.75) is 56.7 Å². The molecule has 0 bridgehead atoms. The van der Waals surface area contributed by atoms with Gasteiger partial charge in [-0.25, -0.2) is 0 Å². The van der Waals surface area contributed by atoms with E-state index in [9.17, 15) is 0 Å². The van der Waals surface area contributed by atoms with Crippen LogP contribution in [-0.4, -0.2) is 67.8 Å². The predicted molar refractivity (Wildman–Crippen MR) is 79.3 cm³/mol. The summed E-state index contributed by atoms with van der Waals surface area (Å²) in [5.41, 5.74) is 6.38. The van der Waals surface area contributed by atoms with Gasteiger partial charge in [0.05, 0.1) is 6.10 Å². The van der Waals surface area contributed by atoms with Gasteiger partial charge in [-0.1, -0.05) is 13.3 Å². The highest BCUT2D eigenvalue weighted by Crippen LogP contribution is 2.34. The van der Waals surface area contributed by atoms with Crippen molar-refractivity contribution in [3.8, 4) is 0 Å². The number of likely N-dealkylation sites (N-methyl/N-ethyl adjacent to an activating group) is 1. The van der Waals surface area contributed by atoms with Crippen molar-refractivity contribution in [1.29, 1.82) is 0 Å². The Morgan fingerprint density at radius 2 is 2.21 bits per heavy atom. The summed E-state index contributed by atoms with van der Waals surface area (Å²) in [6.07, 6.45) is 6.29. The summed E-state index contributed by atoms with van der Waals surface area (Å²) >= 11 is 0. The second-order valence-corrected chi connectivity index (χ2v) is 6.52. The van der Waals surface area contributed by atoms with Gasteiger partial charge in [-0.3, -0.25) is 4.90 Å². The highest BCUT2D eigenvalue weighted by Gasteiger charge is 2.43. The summed E-state index contributed by atoms with van der Waals surface area (Å²) < 4.78 is 5.92. The first-order valence-corrected chi connectivity index (χ1v) is 7.84. The van der Waals surface area contributed by atoms with Gasteiger partial charge in [0.1, 0.15) is 0 Å². The first kappa shape index (κ1) is 15.2. The zero-order chi connectivity index (χ0) is 13.9. The van der Waals surface area contributed by atoms with E-state index >= 15 is 0 Å². The van der Waals surface area contributed by atoms with Crippen LogP contribution < -0.4 is 5.73 Å². The second-order valence-electron chi connectivity index (χ2n) is 6.52. The normalized spacial score (nSPS) is 37.1. The number of rotatable bonds is 5. The second kappa shape index (κ2) is 6.53. The summed E-state index contributed by atoms with van der Waals surface area (Å²) in [4.78, 5) is 5.01. The van der Waals surface area contributed by atoms with E-state index in [0.717, 1.165) is 26.0 Å². The Balaban J connectivity index is 2.01. The Morgan fingerprint density at radius 3 is 2.79 bits per heavy atom. The van der Waals surface area contributed by atoms with Gasteiger partial charge in [0.2, 0.25) is 0 Å². The third-order valence-corrected chi connectivity index (χ3v) is 5.08. The van der Waals surface area contributed by atoms with E-state index in [4.69, 9.17) is 10.5 Å². The van der Waals surface area contributed by atoms with Crippen LogP contribution in [0.15, 0.2) is 0 Å². The Bertz CT molecular complexity index is 283. The smallest absolute Gasteiger partial charge is 0.0593 e. The van der Waals surface area contributed by atoms with E-state index in [-0.39, 0.29) is 5.54 Å². The number of nitrogens with two attached hydrogens (primary N) is 1. The van der Waals surface area contributed by atoms with Crippen LogP contribution in [0.25, 0.3) is 0 Å². The fourth-order valence-electron chi connectivity index (χ4n) is 3.70. The van der Waals surface area contributed by atoms with Crippen LogP contribution in [0.3, 0.4) is 0 Å². The van der Waals surface area contributed by atoms with Gasteiger partial charge in [0, 0.05) is 37.8 Å². The molecule has 3 unspecified atom stereocenters. The molecule has 2 aliphatic rings. The summed E-state index contributed by atoms with van der Waals surface area (Å²) in [5.74, 6) is 0. The van der Waals surface area contributed by atoms with Crippen molar-refractivity contribution in [1.82, 2.24) is 9.80 Å². The Hall–Kier alpha value is -0.160. The third-order valence-electron chi connectivity index (χ3n) is 5.08. The molecule has 19 heavy (non-hydrogen) atoms. The molecule has 4 heteroatoms. The molecule has 2 aliphatic heterocycles. The Labute approximate surface area is 118 Å². The van der Waals surface area contributed by atoms with Crippen molar-refractivity contribution in [2.24, 2.45) is 5.73 Å². The molecular weight excluding hydrogens is 238 g/mol. The van der Waals surface area contributed by atoms with Crippen LogP contribution in [0.4, 0.5) is 0 Å². The van der Waals surface area contributed by atoms with Gasteiger partial charge < -0.3 is 15.4 Å². The van der Waals surface area contributed by atoms with Crippen LogP contribution in [0.2, 0.25) is 0 Å². The molecule has 4 nitrogen and oxygen atoms in total. The molecule has 2 heterocycles. The lowest BCUT2D eigenvalue weighted by atomic mass is 9.84. The Kier molecular flexibility index (Phi) is 5.23. The molecule has 0 aliphatic carbocycles. The summed E-state index contributed by atoms with van der Waals surface area (Å²) in [6.45, 7) is 6.25. The molecule has 0 amide bonds. The van der Waals surface area contributed by atoms with Crippen molar-refractivity contribution in [2.75, 3.05) is 40.3 Å². The highest BCUT2D eigenvalue weighted by atomic mass is 16.5. The van der Waals surface area contributed by atoms with E-state index in [1.165, 1.54) is 32.4 Å². The molecule has 2 saturated heterocycles. The van der Waals surface area contributed by atoms with Crippen LogP contribution in [0.1, 0.15) is 39.0 Å². The first-order valence-electron chi connectivity index (χ1n) is 7.84. The molecule has 0 aromatic rings. The lowest BCUT2D eigenvalue weighted by Gasteiger charge is -2.47. The average Bonchev–Trinajstić information content (AvgIpc) is 2.89. The SMILES string of the molecule is CCCC1CC(CN)(N2CCC(N(C)C)C2)CCO1. The number of hydrogen-bond acceptors (Lipinski definition) is 4. The lowest BCUT2D eigenvalue weighted by molar-refractivity contribution is -0.0687. The minimum absolute atomic E-state index is 0.197. The third kappa shape index (κ3) is 3.30. The molecule has 112 valence electrons. The van der Waals surface area contributed by atoms with Gasteiger partial charge >= 0.3 is 0 Å². The van der Waals surface area contributed by atoms with E-state index in [1.807, 2.05) is 0 Å². The lowest BCUT2D eigenvalue weighted by Crippen LogP contribution is -2.58. The summed E-state index contributed by atoms with van der Waals surface area (Å²) in [5, 5.41) is 0. The number of ether oxygens (including phenoxy) is 1. The van der Waals surface area contributed by atoms with Gasteiger partial charge in [0.25, 0.3) is 0 Å². The molecule has 0 spiro atoms.